The summed E-state index contributed by atoms with van der Waals surface area (Å²) in [5.41, 5.74) is 27.6. The number of azide groups is 2. The lowest BCUT2D eigenvalue weighted by atomic mass is 9.95. The second-order valence-electron chi connectivity index (χ2n) is 41.5. The lowest BCUT2D eigenvalue weighted by Crippen LogP contribution is -2.51. The zero-order chi connectivity index (χ0) is 107. The molecule has 0 bridgehead atoms. The van der Waals surface area contributed by atoms with Crippen molar-refractivity contribution < 1.29 is 86.0 Å². The van der Waals surface area contributed by atoms with E-state index in [-0.39, 0.29) is 179 Å². The van der Waals surface area contributed by atoms with E-state index in [0.29, 0.717) is 190 Å². The minimum Gasteiger partial charge on any atom is -0.355 e. The standard InChI is InChI=1S/C17H21BrN6O3.C17H23BrN4O3.C17H20BrN3O3.C17H18BrN3O3.C16H19BrN6O3.C16H21BrN4O3/c1-23-14(25)8-10-15-12(24-11(16(26)21-15)4-5-13(24)18)9-17(10,23)27-7-3-2-6-20-22-19;1-21-14(23)8-10-15-12(9-17(10,21)25-7-3-2-6-19)22-11(16(24)20-15)4-5-13(22)18;2*1-3-4-7-24-17-9-12-15(10(17)8-14(22)20(17)2)19-16(23)11-5-6-13(18)21(11)12;1-22-13(24)7-9-14-11(8-16(9,22)26-6-2-5-19-21-18)23-10(15(25)20-14)3-4-12(23)17;1-20-13(22)7-9-14-11(8-16(9,20)24-6-2-5-18)21-10(15(23)19-14)3-4-12(21)17/h4-5,10,12,15H,2-3,6-9H2,1H3,(H,21,26);4-5,10,12,15H,2-3,6-9,19H2,1H3,(H,20,24);3,5-6,10,12,15H,1,4,7-9H2,2H3,(H,19,23);1,5-6,10,12,15H,4,7-9H2,2H3,(H,19,23);3-4,9,11,14H,2,5-8H2,1H3,(H,20,25);3-4,9,11,14H,2,5-8,18H2,1H3,(H,19,23)/t4*10-,12+,15-,17-;2*9-,11+,14-,16-/m000000/s1. The van der Waals surface area contributed by atoms with Crippen LogP contribution in [0.3, 0.4) is 0 Å². The smallest absolute Gasteiger partial charge is 0.268 e. The van der Waals surface area contributed by atoms with E-state index in [0.717, 1.165) is 66.1 Å². The topological polar surface area (TPSA) is 531 Å². The predicted octanol–water partition coefficient (Wildman–Crippen LogP) is 10.5. The molecule has 24 atom stereocenters. The summed E-state index contributed by atoms with van der Waals surface area (Å²) < 4.78 is 55.0. The maximum atomic E-state index is 12.5. The van der Waals surface area contributed by atoms with Gasteiger partial charge in [0.2, 0.25) is 35.4 Å². The highest BCUT2D eigenvalue weighted by Gasteiger charge is 2.72. The molecule has 6 aromatic heterocycles. The Morgan fingerprint density at radius 2 is 0.560 bits per heavy atom. The van der Waals surface area contributed by atoms with Gasteiger partial charge in [-0.3, -0.25) is 57.5 Å². The first kappa shape index (κ1) is 108. The summed E-state index contributed by atoms with van der Waals surface area (Å²) in [5.74, 6) is 1.85. The molecule has 0 unspecified atom stereocenters. The number of fused-ring (bicyclic) bond motifs is 30. The van der Waals surface area contributed by atoms with E-state index in [9.17, 15) is 57.5 Å². The Labute approximate surface area is 915 Å². The van der Waals surface area contributed by atoms with Crippen LogP contribution in [0.15, 0.2) is 123 Å². The van der Waals surface area contributed by atoms with Gasteiger partial charge in [0.25, 0.3) is 35.4 Å². The van der Waals surface area contributed by atoms with Gasteiger partial charge in [-0.25, -0.2) is 0 Å². The molecule has 802 valence electrons. The number of carbonyl (C=O) groups is 12. The predicted molar refractivity (Wildman–Crippen MR) is 562 cm³/mol. The molecular weight excluding hydrogens is 2330 g/mol. The van der Waals surface area contributed by atoms with Crippen LogP contribution in [0.4, 0.5) is 0 Å². The number of nitrogens with zero attached hydrogens (tertiary/aromatic N) is 18. The fraction of sp³-hybridized carbons (Fsp3) is 0.600. The number of aromatic nitrogens is 6. The van der Waals surface area contributed by atoms with E-state index >= 15 is 0 Å². The Bertz CT molecular complexity index is 6540. The molecule has 6 saturated heterocycles. The van der Waals surface area contributed by atoms with Gasteiger partial charge in [-0.2, -0.15) is 0 Å². The first-order valence-corrected chi connectivity index (χ1v) is 55.7. The molecule has 18 aliphatic rings. The molecule has 150 heavy (non-hydrogen) atoms. The van der Waals surface area contributed by atoms with Crippen LogP contribution in [-0.2, 0) is 57.2 Å². The fourth-order valence-corrected chi connectivity index (χ4v) is 31.3. The monoisotopic (exact) mass is 2450 g/mol. The average Bonchev–Trinajstić information content (AvgIpc) is 1.57. The quantitative estimate of drug-likeness (QED) is 0.00593. The van der Waals surface area contributed by atoms with Crippen LogP contribution in [0, 0.1) is 47.9 Å². The van der Waals surface area contributed by atoms with Crippen LogP contribution in [0.2, 0.25) is 0 Å². The number of hydrogen-bond donors (Lipinski definition) is 8. The van der Waals surface area contributed by atoms with Gasteiger partial charge in [0.15, 0.2) is 0 Å². The summed E-state index contributed by atoms with van der Waals surface area (Å²) in [6, 6.07) is 21.8. The summed E-state index contributed by atoms with van der Waals surface area (Å²) in [6.45, 7) is 8.57. The summed E-state index contributed by atoms with van der Waals surface area (Å²) in [5, 5.41) is 25.7. The van der Waals surface area contributed by atoms with Crippen molar-refractivity contribution in [2.45, 2.75) is 235 Å². The number of unbranched alkanes of at least 4 members (excludes halogenated alkanes) is 2. The van der Waals surface area contributed by atoms with Crippen LogP contribution >= 0.6 is 95.6 Å². The third-order valence-corrected chi connectivity index (χ3v) is 38.7. The molecular formula is C100H122Br6N26O18. The third kappa shape index (κ3) is 17.9. The van der Waals surface area contributed by atoms with Crippen molar-refractivity contribution in [1.82, 2.24) is 88.7 Å². The first-order valence-electron chi connectivity index (χ1n) is 50.9. The molecule has 6 aromatic rings. The Morgan fingerprint density at radius 3 is 0.787 bits per heavy atom. The number of ether oxygens (including phenoxy) is 6. The largest absolute Gasteiger partial charge is 0.355 e. The molecule has 12 fully saturated rings. The van der Waals surface area contributed by atoms with Crippen LogP contribution < -0.4 is 43.4 Å². The number of amides is 12. The molecule has 0 aromatic carbocycles. The maximum absolute atomic E-state index is 12.5. The molecule has 44 nitrogen and oxygen atoms in total. The highest BCUT2D eigenvalue weighted by Crippen LogP contribution is 2.62. The van der Waals surface area contributed by atoms with Gasteiger partial charge in [0.05, 0.1) is 120 Å². The van der Waals surface area contributed by atoms with Crippen LogP contribution in [-0.4, -0.2) is 306 Å². The molecule has 10 N–H and O–H groups in total. The van der Waals surface area contributed by atoms with Gasteiger partial charge in [-0.05, 0) is 237 Å². The van der Waals surface area contributed by atoms with Crippen molar-refractivity contribution >= 4 is 166 Å². The molecule has 24 rings (SSSR count). The number of hydrogen-bond acceptors (Lipinski definition) is 22. The van der Waals surface area contributed by atoms with Crippen molar-refractivity contribution in [1.29, 1.82) is 0 Å². The summed E-state index contributed by atoms with van der Waals surface area (Å²) in [7, 11) is 10.8. The number of rotatable bonds is 27. The average molecular weight is 2460 g/mol. The van der Waals surface area contributed by atoms with Crippen LogP contribution in [0.25, 0.3) is 20.9 Å². The van der Waals surface area contributed by atoms with Crippen molar-refractivity contribution in [2.24, 2.45) is 57.2 Å². The lowest BCUT2D eigenvalue weighted by molar-refractivity contribution is -0.162. The van der Waals surface area contributed by atoms with E-state index < -0.39 is 34.3 Å². The number of carbonyl (C=O) groups excluding carboxylic acids is 12. The van der Waals surface area contributed by atoms with E-state index in [1.54, 1.807) is 70.7 Å². The normalized spacial score (nSPS) is 33.0. The van der Waals surface area contributed by atoms with E-state index in [4.69, 9.17) is 57.4 Å². The van der Waals surface area contributed by atoms with E-state index in [2.05, 4.69) is 160 Å². The molecule has 6 aliphatic carbocycles. The first-order chi connectivity index (χ1) is 72.0. The summed E-state index contributed by atoms with van der Waals surface area (Å²) in [6.07, 6.45) is 19.1. The zero-order valence-corrected chi connectivity index (χ0v) is 93.2. The van der Waals surface area contributed by atoms with Crippen molar-refractivity contribution in [3.8, 4) is 12.3 Å². The maximum Gasteiger partial charge on any atom is 0.268 e. The van der Waals surface area contributed by atoms with Gasteiger partial charge in [-0.1, -0.05) is 16.3 Å². The molecule has 12 aliphatic heterocycles. The Hall–Kier alpha value is -10.2. The summed E-state index contributed by atoms with van der Waals surface area (Å²) >= 11 is 21.3. The van der Waals surface area contributed by atoms with Crippen LogP contribution in [0.1, 0.15) is 228 Å². The molecule has 12 amide bonds. The molecule has 50 heteroatoms. The van der Waals surface area contributed by atoms with Crippen LogP contribution in [0.5, 0.6) is 0 Å². The SMILES string of the molecule is C#CCCO[C@@]12C[C@@H]3[C@@H](NC(=O)c4ccc(Br)n43)[C@@H]1CC(=O)N2C.C=CCCO[C@@]12C[C@@H]3[C@@H](NC(=O)c4ccc(Br)n43)[C@@H]1CC(=O)N2C.CN1C(=O)C[C@H]2[C@@H]3NC(=O)c4ccc(Br)n4[C@@H]3C[C@]21OCCCCN.CN1C(=O)C[C@H]2[C@@H]3NC(=O)c4ccc(Br)n4[C@@H]3C[C@]21OCCCCN=[N+]=[N-].CN1C(=O)C[C@H]2[C@@H]3NC(=O)c4ccc(Br)n4[C@@H]3C[C@]21OCCCN.CN1C(=O)C[C@H]2[C@@H]3NC(=O)c4ccc(Br)n4[C@@H]3C[C@]21OCCCN=[N+]=[N-]. The molecule has 0 radical (unpaired) electrons. The Morgan fingerprint density at radius 1 is 0.347 bits per heavy atom. The third-order valence-electron chi connectivity index (χ3n) is 34.8. The Kier molecular flexibility index (Phi) is 31.0. The number of nitrogens with two attached hydrogens (primary N) is 2. The lowest BCUT2D eigenvalue weighted by Gasteiger charge is -2.36. The van der Waals surface area contributed by atoms with Gasteiger partial charge in [0, 0.05) is 204 Å². The molecule has 6 saturated carbocycles. The van der Waals surface area contributed by atoms with Crippen molar-refractivity contribution in [2.75, 3.05) is 108 Å². The minimum atomic E-state index is -0.749. The fourth-order valence-electron chi connectivity index (χ4n) is 27.7. The minimum absolute atomic E-state index is 0.0183. The van der Waals surface area contributed by atoms with Crippen molar-refractivity contribution in [3.63, 3.8) is 0 Å². The van der Waals surface area contributed by atoms with Gasteiger partial charge < -0.3 is 129 Å². The number of likely N-dealkylation sites (tertiary alicyclic amines) is 6. The van der Waals surface area contributed by atoms with Gasteiger partial charge in [0.1, 0.15) is 68.5 Å². The Balaban J connectivity index is 0.000000113. The van der Waals surface area contributed by atoms with Gasteiger partial charge in [-0.15, -0.1) is 18.9 Å². The second-order valence-corrected chi connectivity index (χ2v) is 46.3. The highest BCUT2D eigenvalue weighted by molar-refractivity contribution is 9.11. The number of nitrogens with one attached hydrogen (secondary N) is 6. The molecule has 18 heterocycles. The second kappa shape index (κ2) is 42.9. The number of terminal acetylenes is 1. The number of halogens is 6. The van der Waals surface area contributed by atoms with E-state index in [1.165, 1.54) is 0 Å². The van der Waals surface area contributed by atoms with Gasteiger partial charge >= 0.3 is 0 Å². The highest BCUT2D eigenvalue weighted by atomic mass is 79.9. The van der Waals surface area contributed by atoms with Crippen molar-refractivity contribution in [3.05, 3.63) is 168 Å². The summed E-state index contributed by atoms with van der Waals surface area (Å²) in [4.78, 5) is 165. The molecule has 0 spiro atoms. The van der Waals surface area contributed by atoms with E-state index in [1.807, 2.05) is 107 Å². The zero-order valence-electron chi connectivity index (χ0n) is 83.7.